The maximum absolute atomic E-state index is 11.4. The number of ether oxygens (including phenoxy) is 2. The molecule has 0 amide bonds. The van der Waals surface area contributed by atoms with Crippen LogP contribution in [0.25, 0.3) is 0 Å². The molecule has 0 aliphatic rings. The molecule has 0 radical (unpaired) electrons. The molecule has 1 aromatic rings. The highest BCUT2D eigenvalue weighted by molar-refractivity contribution is 5.88. The molecule has 0 fully saturated rings. The van der Waals surface area contributed by atoms with Crippen molar-refractivity contribution >= 4 is 11.7 Å². The number of esters is 1. The predicted octanol–water partition coefficient (Wildman–Crippen LogP) is 2.40. The van der Waals surface area contributed by atoms with Crippen LogP contribution in [0, 0.1) is 0 Å². The summed E-state index contributed by atoms with van der Waals surface area (Å²) in [4.78, 5) is 15.6. The van der Waals surface area contributed by atoms with E-state index in [1.54, 1.807) is 19.2 Å². The molecule has 0 aliphatic heterocycles. The van der Waals surface area contributed by atoms with Crippen molar-refractivity contribution in [1.82, 2.24) is 4.98 Å². The molecule has 0 saturated heterocycles. The van der Waals surface area contributed by atoms with E-state index in [1.807, 2.05) is 19.9 Å². The maximum atomic E-state index is 11.4. The normalized spacial score (nSPS) is 10.1. The average molecular weight is 264 g/mol. The molecule has 0 spiro atoms. The fourth-order valence-corrected chi connectivity index (χ4v) is 1.35. The SMILES string of the molecule is C=C(CNc1cccnc1OC(C)C)C(=O)OCC. The molecule has 1 aromatic heterocycles. The molecule has 5 heteroatoms. The highest BCUT2D eigenvalue weighted by Crippen LogP contribution is 2.21. The number of carbonyl (C=O) groups excluding carboxylic acids is 1. The Morgan fingerprint density at radius 3 is 2.89 bits per heavy atom. The third kappa shape index (κ3) is 4.99. The maximum Gasteiger partial charge on any atom is 0.335 e. The van der Waals surface area contributed by atoms with Gasteiger partial charge in [-0.05, 0) is 32.9 Å². The molecular weight excluding hydrogens is 244 g/mol. The van der Waals surface area contributed by atoms with Crippen LogP contribution in [0.4, 0.5) is 5.69 Å². The zero-order valence-electron chi connectivity index (χ0n) is 11.6. The Morgan fingerprint density at radius 1 is 1.53 bits per heavy atom. The van der Waals surface area contributed by atoms with Gasteiger partial charge in [-0.25, -0.2) is 9.78 Å². The number of hydrogen-bond acceptors (Lipinski definition) is 5. The molecule has 1 rings (SSSR count). The summed E-state index contributed by atoms with van der Waals surface area (Å²) in [6.45, 7) is 9.92. The third-order valence-electron chi connectivity index (χ3n) is 2.17. The van der Waals surface area contributed by atoms with Gasteiger partial charge in [0.1, 0.15) is 0 Å². The molecular formula is C14H20N2O3. The number of nitrogens with one attached hydrogen (secondary N) is 1. The first-order valence-corrected chi connectivity index (χ1v) is 6.25. The van der Waals surface area contributed by atoms with Crippen molar-refractivity contribution in [2.75, 3.05) is 18.5 Å². The number of pyridine rings is 1. The zero-order chi connectivity index (χ0) is 14.3. The summed E-state index contributed by atoms with van der Waals surface area (Å²) >= 11 is 0. The van der Waals surface area contributed by atoms with E-state index in [4.69, 9.17) is 9.47 Å². The summed E-state index contributed by atoms with van der Waals surface area (Å²) in [7, 11) is 0. The van der Waals surface area contributed by atoms with Gasteiger partial charge in [-0.2, -0.15) is 0 Å². The highest BCUT2D eigenvalue weighted by Gasteiger charge is 2.10. The van der Waals surface area contributed by atoms with E-state index in [1.165, 1.54) is 0 Å². The Bertz CT molecular complexity index is 444. The molecule has 104 valence electrons. The van der Waals surface area contributed by atoms with Crippen molar-refractivity contribution in [3.05, 3.63) is 30.5 Å². The lowest BCUT2D eigenvalue weighted by atomic mass is 10.3. The van der Waals surface area contributed by atoms with Crippen molar-refractivity contribution in [2.24, 2.45) is 0 Å². The van der Waals surface area contributed by atoms with Crippen LogP contribution in [0.5, 0.6) is 5.88 Å². The van der Waals surface area contributed by atoms with E-state index in [9.17, 15) is 4.79 Å². The second-order valence-corrected chi connectivity index (χ2v) is 4.20. The molecule has 19 heavy (non-hydrogen) atoms. The Balaban J connectivity index is 2.62. The van der Waals surface area contributed by atoms with Gasteiger partial charge in [0, 0.05) is 18.3 Å². The van der Waals surface area contributed by atoms with Crippen LogP contribution in [0.3, 0.4) is 0 Å². The lowest BCUT2D eigenvalue weighted by molar-refractivity contribution is -0.138. The van der Waals surface area contributed by atoms with Crippen LogP contribution >= 0.6 is 0 Å². The number of rotatable bonds is 7. The molecule has 5 nitrogen and oxygen atoms in total. The minimum absolute atomic E-state index is 0.0312. The smallest absolute Gasteiger partial charge is 0.335 e. The molecule has 0 saturated carbocycles. The van der Waals surface area contributed by atoms with E-state index >= 15 is 0 Å². The third-order valence-corrected chi connectivity index (χ3v) is 2.17. The second-order valence-electron chi connectivity index (χ2n) is 4.20. The molecule has 0 aliphatic carbocycles. The number of aromatic nitrogens is 1. The van der Waals surface area contributed by atoms with E-state index in [2.05, 4.69) is 16.9 Å². The van der Waals surface area contributed by atoms with Gasteiger partial charge in [-0.1, -0.05) is 6.58 Å². The lowest BCUT2D eigenvalue weighted by Gasteiger charge is -2.14. The summed E-state index contributed by atoms with van der Waals surface area (Å²) in [5.74, 6) is 0.111. The van der Waals surface area contributed by atoms with Crippen molar-refractivity contribution in [3.63, 3.8) is 0 Å². The van der Waals surface area contributed by atoms with Gasteiger partial charge in [-0.15, -0.1) is 0 Å². The standard InChI is InChI=1S/C14H20N2O3/c1-5-18-14(17)11(4)9-16-12-7-6-8-15-13(12)19-10(2)3/h6-8,10,16H,4-5,9H2,1-3H3. The van der Waals surface area contributed by atoms with Crippen LogP contribution in [-0.2, 0) is 9.53 Å². The topological polar surface area (TPSA) is 60.5 Å². The van der Waals surface area contributed by atoms with Gasteiger partial charge >= 0.3 is 5.97 Å². The largest absolute Gasteiger partial charge is 0.473 e. The highest BCUT2D eigenvalue weighted by atomic mass is 16.5. The van der Waals surface area contributed by atoms with Crippen LogP contribution in [0.15, 0.2) is 30.5 Å². The first-order valence-electron chi connectivity index (χ1n) is 6.25. The molecule has 1 heterocycles. The van der Waals surface area contributed by atoms with E-state index in [0.717, 1.165) is 5.69 Å². The van der Waals surface area contributed by atoms with Gasteiger partial charge in [0.2, 0.25) is 5.88 Å². The zero-order valence-corrected chi connectivity index (χ0v) is 11.6. The van der Waals surface area contributed by atoms with Gasteiger partial charge in [-0.3, -0.25) is 0 Å². The van der Waals surface area contributed by atoms with Crippen molar-refractivity contribution in [1.29, 1.82) is 0 Å². The summed E-state index contributed by atoms with van der Waals surface area (Å²) < 4.78 is 10.4. The Labute approximate surface area is 113 Å². The molecule has 0 aromatic carbocycles. The van der Waals surface area contributed by atoms with Crippen LogP contribution < -0.4 is 10.1 Å². The fourth-order valence-electron chi connectivity index (χ4n) is 1.35. The number of hydrogen-bond donors (Lipinski definition) is 1. The quantitative estimate of drug-likeness (QED) is 0.605. The van der Waals surface area contributed by atoms with E-state index in [-0.39, 0.29) is 6.10 Å². The fraction of sp³-hybridized carbons (Fsp3) is 0.429. The Kier molecular flexibility index (Phi) is 5.85. The predicted molar refractivity (Wildman–Crippen MR) is 74.3 cm³/mol. The van der Waals surface area contributed by atoms with Gasteiger partial charge in [0.25, 0.3) is 0 Å². The number of anilines is 1. The van der Waals surface area contributed by atoms with Crippen LogP contribution in [0.2, 0.25) is 0 Å². The van der Waals surface area contributed by atoms with Crippen LogP contribution in [-0.4, -0.2) is 30.2 Å². The van der Waals surface area contributed by atoms with Gasteiger partial charge < -0.3 is 14.8 Å². The van der Waals surface area contributed by atoms with E-state index < -0.39 is 5.97 Å². The van der Waals surface area contributed by atoms with Crippen molar-refractivity contribution in [3.8, 4) is 5.88 Å². The molecule has 0 atom stereocenters. The van der Waals surface area contributed by atoms with Gasteiger partial charge in [0.05, 0.1) is 18.4 Å². The van der Waals surface area contributed by atoms with Gasteiger partial charge in [0.15, 0.2) is 0 Å². The van der Waals surface area contributed by atoms with Crippen LogP contribution in [0.1, 0.15) is 20.8 Å². The summed E-state index contributed by atoms with van der Waals surface area (Å²) in [5, 5.41) is 3.07. The molecule has 1 N–H and O–H groups in total. The minimum atomic E-state index is -0.398. The van der Waals surface area contributed by atoms with Crippen molar-refractivity contribution in [2.45, 2.75) is 26.9 Å². The summed E-state index contributed by atoms with van der Waals surface area (Å²) in [6.07, 6.45) is 1.69. The Morgan fingerprint density at radius 2 is 2.26 bits per heavy atom. The molecule has 0 unspecified atom stereocenters. The first-order chi connectivity index (χ1) is 9.04. The molecule has 0 bridgehead atoms. The number of nitrogens with zero attached hydrogens (tertiary/aromatic N) is 1. The Hall–Kier alpha value is -2.04. The monoisotopic (exact) mass is 264 g/mol. The summed E-state index contributed by atoms with van der Waals surface area (Å²) in [6, 6.07) is 3.63. The number of carbonyl (C=O) groups is 1. The summed E-state index contributed by atoms with van der Waals surface area (Å²) in [5.41, 5.74) is 1.09. The lowest BCUT2D eigenvalue weighted by Crippen LogP contribution is -2.16. The minimum Gasteiger partial charge on any atom is -0.473 e. The van der Waals surface area contributed by atoms with Crippen molar-refractivity contribution < 1.29 is 14.3 Å². The van der Waals surface area contributed by atoms with E-state index in [0.29, 0.717) is 24.6 Å². The first kappa shape index (κ1) is 15.0. The second kappa shape index (κ2) is 7.41. The average Bonchev–Trinajstić information content (AvgIpc) is 2.37.